The second-order valence-corrected chi connectivity index (χ2v) is 6.14. The lowest BCUT2D eigenvalue weighted by atomic mass is 9.93. The highest BCUT2D eigenvalue weighted by molar-refractivity contribution is 5.79. The van der Waals surface area contributed by atoms with Crippen molar-refractivity contribution in [2.75, 3.05) is 26.7 Å². The summed E-state index contributed by atoms with van der Waals surface area (Å²) in [6.45, 7) is 12.4. The number of nitrogens with one attached hydrogen (secondary N) is 2. The number of hydrogen-bond donors (Lipinski definition) is 2. The molecular formula is C16H34N4. The van der Waals surface area contributed by atoms with E-state index in [1.54, 1.807) is 0 Å². The van der Waals surface area contributed by atoms with Crippen molar-refractivity contribution in [1.29, 1.82) is 0 Å². The first-order valence-electron chi connectivity index (χ1n) is 8.33. The van der Waals surface area contributed by atoms with Crippen molar-refractivity contribution in [1.82, 2.24) is 15.5 Å². The van der Waals surface area contributed by atoms with Crippen LogP contribution in [0.3, 0.4) is 0 Å². The van der Waals surface area contributed by atoms with Crippen molar-refractivity contribution in [2.24, 2.45) is 10.9 Å². The molecule has 118 valence electrons. The minimum absolute atomic E-state index is 0.416. The van der Waals surface area contributed by atoms with E-state index < -0.39 is 0 Å². The molecule has 0 radical (unpaired) electrons. The fourth-order valence-electron chi connectivity index (χ4n) is 3.17. The second-order valence-electron chi connectivity index (χ2n) is 6.14. The molecule has 0 aromatic heterocycles. The minimum atomic E-state index is 0.416. The first-order valence-corrected chi connectivity index (χ1v) is 8.33. The van der Waals surface area contributed by atoms with Gasteiger partial charge in [-0.2, -0.15) is 0 Å². The zero-order chi connectivity index (χ0) is 15.0. The van der Waals surface area contributed by atoms with E-state index in [0.29, 0.717) is 12.1 Å². The standard InChI is InChI=1S/C16H34N4/c1-6-14(7-2)15(20-10-8-9-11-20)12-18-16(17-5)19-13(3)4/h13-15H,6-12H2,1-5H3,(H2,17,18,19). The highest BCUT2D eigenvalue weighted by atomic mass is 15.2. The van der Waals surface area contributed by atoms with E-state index in [1.807, 2.05) is 7.05 Å². The molecule has 1 saturated heterocycles. The molecule has 4 nitrogen and oxygen atoms in total. The van der Waals surface area contributed by atoms with E-state index in [-0.39, 0.29) is 0 Å². The van der Waals surface area contributed by atoms with Gasteiger partial charge >= 0.3 is 0 Å². The molecule has 0 aromatic rings. The van der Waals surface area contributed by atoms with Crippen molar-refractivity contribution >= 4 is 5.96 Å². The van der Waals surface area contributed by atoms with E-state index in [4.69, 9.17) is 0 Å². The van der Waals surface area contributed by atoms with E-state index in [0.717, 1.165) is 18.4 Å². The predicted molar refractivity (Wildman–Crippen MR) is 88.3 cm³/mol. The van der Waals surface area contributed by atoms with Crippen LogP contribution in [0.5, 0.6) is 0 Å². The van der Waals surface area contributed by atoms with Crippen LogP contribution >= 0.6 is 0 Å². The third-order valence-electron chi connectivity index (χ3n) is 4.33. The summed E-state index contributed by atoms with van der Waals surface area (Å²) in [5, 5.41) is 6.89. The first-order chi connectivity index (χ1) is 9.62. The van der Waals surface area contributed by atoms with Crippen LogP contribution in [0.15, 0.2) is 4.99 Å². The Bertz CT molecular complexity index is 276. The molecule has 1 unspecified atom stereocenters. The number of aliphatic imine (C=N–C) groups is 1. The summed E-state index contributed by atoms with van der Waals surface area (Å²) >= 11 is 0. The molecule has 0 aliphatic carbocycles. The van der Waals surface area contributed by atoms with Crippen molar-refractivity contribution in [3.05, 3.63) is 0 Å². The van der Waals surface area contributed by atoms with Crippen LogP contribution in [-0.2, 0) is 0 Å². The molecule has 1 fully saturated rings. The minimum Gasteiger partial charge on any atom is -0.355 e. The molecule has 1 heterocycles. The van der Waals surface area contributed by atoms with Gasteiger partial charge in [0.25, 0.3) is 0 Å². The highest BCUT2D eigenvalue weighted by Gasteiger charge is 2.27. The van der Waals surface area contributed by atoms with E-state index in [2.05, 4.69) is 48.2 Å². The second kappa shape index (κ2) is 9.22. The Morgan fingerprint density at radius 3 is 2.20 bits per heavy atom. The summed E-state index contributed by atoms with van der Waals surface area (Å²) in [7, 11) is 1.85. The Balaban J connectivity index is 2.59. The average molecular weight is 282 g/mol. The molecule has 0 spiro atoms. The van der Waals surface area contributed by atoms with Gasteiger partial charge < -0.3 is 10.6 Å². The van der Waals surface area contributed by atoms with Gasteiger partial charge in [0.05, 0.1) is 0 Å². The van der Waals surface area contributed by atoms with Crippen LogP contribution in [0, 0.1) is 5.92 Å². The molecule has 20 heavy (non-hydrogen) atoms. The fourth-order valence-corrected chi connectivity index (χ4v) is 3.17. The number of likely N-dealkylation sites (tertiary alicyclic amines) is 1. The third-order valence-corrected chi connectivity index (χ3v) is 4.33. The Morgan fingerprint density at radius 2 is 1.75 bits per heavy atom. The summed E-state index contributed by atoms with van der Waals surface area (Å²) in [6, 6.07) is 1.05. The quantitative estimate of drug-likeness (QED) is 0.556. The maximum absolute atomic E-state index is 4.31. The summed E-state index contributed by atoms with van der Waals surface area (Å²) in [6.07, 6.45) is 5.23. The summed E-state index contributed by atoms with van der Waals surface area (Å²) in [5.74, 6) is 1.70. The van der Waals surface area contributed by atoms with Crippen molar-refractivity contribution < 1.29 is 0 Å². The number of rotatable bonds is 7. The van der Waals surface area contributed by atoms with Gasteiger partial charge in [0.1, 0.15) is 0 Å². The van der Waals surface area contributed by atoms with E-state index >= 15 is 0 Å². The van der Waals surface area contributed by atoms with Crippen LogP contribution < -0.4 is 10.6 Å². The Labute approximate surface area is 125 Å². The first kappa shape index (κ1) is 17.3. The zero-order valence-electron chi connectivity index (χ0n) is 14.1. The normalized spacial score (nSPS) is 18.9. The van der Waals surface area contributed by atoms with Crippen molar-refractivity contribution in [3.8, 4) is 0 Å². The molecule has 0 saturated carbocycles. The number of nitrogens with zero attached hydrogens (tertiary/aromatic N) is 2. The smallest absolute Gasteiger partial charge is 0.191 e. The number of hydrogen-bond acceptors (Lipinski definition) is 2. The van der Waals surface area contributed by atoms with Crippen LogP contribution in [0.25, 0.3) is 0 Å². The lowest BCUT2D eigenvalue weighted by molar-refractivity contribution is 0.166. The van der Waals surface area contributed by atoms with E-state index in [1.165, 1.54) is 38.8 Å². The Kier molecular flexibility index (Phi) is 7.97. The van der Waals surface area contributed by atoms with Gasteiger partial charge in [-0.15, -0.1) is 0 Å². The summed E-state index contributed by atoms with van der Waals surface area (Å²) < 4.78 is 0. The molecule has 0 bridgehead atoms. The zero-order valence-corrected chi connectivity index (χ0v) is 14.1. The van der Waals surface area contributed by atoms with Gasteiger partial charge in [-0.25, -0.2) is 0 Å². The van der Waals surface area contributed by atoms with Crippen LogP contribution in [0.1, 0.15) is 53.4 Å². The largest absolute Gasteiger partial charge is 0.355 e. The average Bonchev–Trinajstić information content (AvgIpc) is 2.95. The predicted octanol–water partition coefficient (Wildman–Crippen LogP) is 2.46. The molecule has 0 amide bonds. The Hall–Kier alpha value is -0.770. The van der Waals surface area contributed by atoms with Crippen LogP contribution in [-0.4, -0.2) is 49.6 Å². The van der Waals surface area contributed by atoms with E-state index in [9.17, 15) is 0 Å². The lowest BCUT2D eigenvalue weighted by Crippen LogP contribution is -2.50. The van der Waals surface area contributed by atoms with Gasteiger partial charge in [-0.3, -0.25) is 9.89 Å². The van der Waals surface area contributed by atoms with Gasteiger partial charge in [0.2, 0.25) is 0 Å². The molecule has 0 aromatic carbocycles. The topological polar surface area (TPSA) is 39.7 Å². The number of guanidine groups is 1. The fraction of sp³-hybridized carbons (Fsp3) is 0.938. The highest BCUT2D eigenvalue weighted by Crippen LogP contribution is 2.22. The van der Waals surface area contributed by atoms with Gasteiger partial charge in [0.15, 0.2) is 5.96 Å². The lowest BCUT2D eigenvalue weighted by Gasteiger charge is -2.34. The molecule has 1 aliphatic rings. The van der Waals surface area contributed by atoms with Gasteiger partial charge in [0, 0.05) is 25.7 Å². The molecular weight excluding hydrogens is 248 g/mol. The molecule has 1 rings (SSSR count). The van der Waals surface area contributed by atoms with Crippen molar-refractivity contribution in [2.45, 2.75) is 65.5 Å². The SMILES string of the molecule is CCC(CC)C(CNC(=NC)NC(C)C)N1CCCC1. The molecule has 1 aliphatic heterocycles. The molecule has 4 heteroatoms. The van der Waals surface area contributed by atoms with Crippen LogP contribution in [0.4, 0.5) is 0 Å². The molecule has 1 atom stereocenters. The van der Waals surface area contributed by atoms with Gasteiger partial charge in [-0.1, -0.05) is 26.7 Å². The maximum Gasteiger partial charge on any atom is 0.191 e. The Morgan fingerprint density at radius 1 is 1.15 bits per heavy atom. The summed E-state index contributed by atoms with van der Waals surface area (Å²) in [4.78, 5) is 6.99. The maximum atomic E-state index is 4.31. The van der Waals surface area contributed by atoms with Gasteiger partial charge in [-0.05, 0) is 45.7 Å². The summed E-state index contributed by atoms with van der Waals surface area (Å²) in [5.41, 5.74) is 0. The third kappa shape index (κ3) is 5.31. The van der Waals surface area contributed by atoms with Crippen molar-refractivity contribution in [3.63, 3.8) is 0 Å². The molecule has 2 N–H and O–H groups in total. The monoisotopic (exact) mass is 282 g/mol. The van der Waals surface area contributed by atoms with Crippen LogP contribution in [0.2, 0.25) is 0 Å².